The molecule has 0 saturated heterocycles. The molecule has 31 heavy (non-hydrogen) atoms. The standard InChI is InChI=1S/C23H29FN2O5/c1-6-30-21(28)18-13-17(26-20(27)15-8-7-9-16(24)12-15)10-11-19(18)31-23(5,29)14-25-22(2,3)4/h7-13,25,29H,6,14H2,1-5H3,(H,26,27). The Morgan fingerprint density at radius 3 is 2.42 bits per heavy atom. The van der Waals surface area contributed by atoms with Crippen molar-refractivity contribution >= 4 is 17.6 Å². The molecule has 168 valence electrons. The van der Waals surface area contributed by atoms with Crippen molar-refractivity contribution in [3.63, 3.8) is 0 Å². The number of carbonyl (C=O) groups excluding carboxylic acids is 2. The van der Waals surface area contributed by atoms with Crippen molar-refractivity contribution in [2.24, 2.45) is 0 Å². The third-order valence-corrected chi connectivity index (χ3v) is 4.10. The van der Waals surface area contributed by atoms with E-state index in [0.717, 1.165) is 6.07 Å². The van der Waals surface area contributed by atoms with E-state index < -0.39 is 23.5 Å². The minimum atomic E-state index is -1.61. The van der Waals surface area contributed by atoms with Crippen LogP contribution < -0.4 is 15.4 Å². The molecule has 3 N–H and O–H groups in total. The molecule has 2 aromatic carbocycles. The molecule has 0 bridgehead atoms. The van der Waals surface area contributed by atoms with Crippen LogP contribution in [0.3, 0.4) is 0 Å². The van der Waals surface area contributed by atoms with E-state index in [1.54, 1.807) is 6.92 Å². The lowest BCUT2D eigenvalue weighted by molar-refractivity contribution is -0.121. The molecule has 0 aliphatic carbocycles. The number of hydrogen-bond donors (Lipinski definition) is 3. The number of amides is 1. The maximum atomic E-state index is 13.4. The number of β-amino-alcohol motifs (C(OH)–C–C–N with tert-alkyl or cyclic N) is 1. The van der Waals surface area contributed by atoms with Gasteiger partial charge in [-0.15, -0.1) is 0 Å². The first-order valence-corrected chi connectivity index (χ1v) is 9.95. The van der Waals surface area contributed by atoms with E-state index in [4.69, 9.17) is 9.47 Å². The summed E-state index contributed by atoms with van der Waals surface area (Å²) < 4.78 is 24.1. The fraction of sp³-hybridized carbons (Fsp3) is 0.391. The second-order valence-corrected chi connectivity index (χ2v) is 8.28. The zero-order valence-electron chi connectivity index (χ0n) is 18.4. The quantitative estimate of drug-likeness (QED) is 0.434. The van der Waals surface area contributed by atoms with Crippen molar-refractivity contribution in [3.8, 4) is 5.75 Å². The number of anilines is 1. The zero-order chi connectivity index (χ0) is 23.2. The molecule has 0 aliphatic heterocycles. The molecule has 2 rings (SSSR count). The molecule has 0 radical (unpaired) electrons. The Hall–Kier alpha value is -2.97. The minimum absolute atomic E-state index is 0.0370. The molecule has 0 saturated carbocycles. The number of aliphatic hydroxyl groups is 1. The van der Waals surface area contributed by atoms with Crippen LogP contribution in [0.4, 0.5) is 10.1 Å². The summed E-state index contributed by atoms with van der Waals surface area (Å²) in [4.78, 5) is 24.9. The van der Waals surface area contributed by atoms with Crippen molar-refractivity contribution in [2.45, 2.75) is 45.9 Å². The van der Waals surface area contributed by atoms with Crippen LogP contribution in [0, 0.1) is 5.82 Å². The van der Waals surface area contributed by atoms with Crippen LogP contribution in [0.25, 0.3) is 0 Å². The SMILES string of the molecule is CCOC(=O)c1cc(NC(=O)c2cccc(F)c2)ccc1OC(C)(O)CNC(C)(C)C. The zero-order valence-corrected chi connectivity index (χ0v) is 18.4. The first-order chi connectivity index (χ1) is 14.4. The number of carbonyl (C=O) groups is 2. The largest absolute Gasteiger partial charge is 0.462 e. The highest BCUT2D eigenvalue weighted by molar-refractivity contribution is 6.05. The lowest BCUT2D eigenvalue weighted by Crippen LogP contribution is -2.49. The Labute approximate surface area is 181 Å². The topological polar surface area (TPSA) is 96.9 Å². The van der Waals surface area contributed by atoms with Gasteiger partial charge in [0.05, 0.1) is 13.2 Å². The summed E-state index contributed by atoms with van der Waals surface area (Å²) in [5.41, 5.74) is 0.212. The normalized spacial score (nSPS) is 13.3. The van der Waals surface area contributed by atoms with Crippen LogP contribution in [0.1, 0.15) is 55.3 Å². The summed E-state index contributed by atoms with van der Waals surface area (Å²) in [6.07, 6.45) is 0. The Balaban J connectivity index is 2.27. The third kappa shape index (κ3) is 7.66. The van der Waals surface area contributed by atoms with Crippen molar-refractivity contribution in [1.82, 2.24) is 5.32 Å². The predicted molar refractivity (Wildman–Crippen MR) is 116 cm³/mol. The van der Waals surface area contributed by atoms with Crippen molar-refractivity contribution in [2.75, 3.05) is 18.5 Å². The maximum Gasteiger partial charge on any atom is 0.341 e. The second-order valence-electron chi connectivity index (χ2n) is 8.28. The van der Waals surface area contributed by atoms with Gasteiger partial charge >= 0.3 is 5.97 Å². The molecule has 0 fully saturated rings. The number of esters is 1. The molecule has 2 aromatic rings. The fourth-order valence-corrected chi connectivity index (χ4v) is 2.60. The second kappa shape index (κ2) is 9.89. The minimum Gasteiger partial charge on any atom is -0.462 e. The molecule has 1 amide bonds. The maximum absolute atomic E-state index is 13.4. The van der Waals surface area contributed by atoms with Gasteiger partial charge in [-0.3, -0.25) is 4.79 Å². The van der Waals surface area contributed by atoms with Gasteiger partial charge in [-0.2, -0.15) is 0 Å². The van der Waals surface area contributed by atoms with E-state index in [1.165, 1.54) is 43.3 Å². The van der Waals surface area contributed by atoms with E-state index in [9.17, 15) is 19.1 Å². The summed E-state index contributed by atoms with van der Waals surface area (Å²) in [6.45, 7) is 9.23. The van der Waals surface area contributed by atoms with E-state index in [-0.39, 0.29) is 41.3 Å². The molecule has 0 aromatic heterocycles. The van der Waals surface area contributed by atoms with Gasteiger partial charge in [0.1, 0.15) is 17.1 Å². The highest BCUT2D eigenvalue weighted by Crippen LogP contribution is 2.27. The monoisotopic (exact) mass is 432 g/mol. The van der Waals surface area contributed by atoms with Gasteiger partial charge in [0.15, 0.2) is 0 Å². The lowest BCUT2D eigenvalue weighted by atomic mass is 10.1. The first kappa shape index (κ1) is 24.3. The van der Waals surface area contributed by atoms with E-state index in [0.29, 0.717) is 0 Å². The highest BCUT2D eigenvalue weighted by atomic mass is 19.1. The molecule has 8 heteroatoms. The number of hydrogen-bond acceptors (Lipinski definition) is 6. The van der Waals surface area contributed by atoms with Crippen molar-refractivity contribution < 1.29 is 28.6 Å². The number of nitrogens with one attached hydrogen (secondary N) is 2. The molecule has 0 heterocycles. The molecule has 1 atom stereocenters. The Morgan fingerprint density at radius 2 is 1.81 bits per heavy atom. The van der Waals surface area contributed by atoms with Crippen molar-refractivity contribution in [3.05, 3.63) is 59.4 Å². The Morgan fingerprint density at radius 1 is 1.10 bits per heavy atom. The summed E-state index contributed by atoms with van der Waals surface area (Å²) in [5.74, 6) is -3.25. The first-order valence-electron chi connectivity index (χ1n) is 9.95. The Kier molecular flexibility index (Phi) is 7.75. The van der Waals surface area contributed by atoms with Crippen LogP contribution in [0.2, 0.25) is 0 Å². The summed E-state index contributed by atoms with van der Waals surface area (Å²) in [6, 6.07) is 9.61. The van der Waals surface area contributed by atoms with Gasteiger partial charge < -0.3 is 25.2 Å². The smallest absolute Gasteiger partial charge is 0.341 e. The third-order valence-electron chi connectivity index (χ3n) is 4.10. The molecule has 0 spiro atoms. The number of halogens is 1. The van der Waals surface area contributed by atoms with Gasteiger partial charge in [-0.1, -0.05) is 6.07 Å². The van der Waals surface area contributed by atoms with Crippen LogP contribution in [-0.4, -0.2) is 41.5 Å². The molecule has 0 aliphatic rings. The average Bonchev–Trinajstić information content (AvgIpc) is 2.67. The van der Waals surface area contributed by atoms with Crippen molar-refractivity contribution in [1.29, 1.82) is 0 Å². The summed E-state index contributed by atoms with van der Waals surface area (Å²) >= 11 is 0. The van der Waals surface area contributed by atoms with Gasteiger partial charge in [0.2, 0.25) is 5.79 Å². The van der Waals surface area contributed by atoms with Crippen LogP contribution in [0.5, 0.6) is 5.75 Å². The lowest BCUT2D eigenvalue weighted by Gasteiger charge is -2.30. The number of ether oxygens (including phenoxy) is 2. The molecule has 1 unspecified atom stereocenters. The highest BCUT2D eigenvalue weighted by Gasteiger charge is 2.27. The van der Waals surface area contributed by atoms with Gasteiger partial charge in [0.25, 0.3) is 5.91 Å². The van der Waals surface area contributed by atoms with Crippen LogP contribution >= 0.6 is 0 Å². The van der Waals surface area contributed by atoms with E-state index in [2.05, 4.69) is 10.6 Å². The fourth-order valence-electron chi connectivity index (χ4n) is 2.60. The Bertz CT molecular complexity index is 938. The predicted octanol–water partition coefficient (Wildman–Crippen LogP) is 3.73. The van der Waals surface area contributed by atoms with E-state index >= 15 is 0 Å². The summed E-state index contributed by atoms with van der Waals surface area (Å²) in [5, 5.41) is 16.4. The van der Waals surface area contributed by atoms with Gasteiger partial charge in [0, 0.05) is 23.7 Å². The van der Waals surface area contributed by atoms with Crippen LogP contribution in [0.15, 0.2) is 42.5 Å². The van der Waals surface area contributed by atoms with E-state index in [1.807, 2.05) is 20.8 Å². The van der Waals surface area contributed by atoms with Gasteiger partial charge in [-0.05, 0) is 64.1 Å². The molecule has 7 nitrogen and oxygen atoms in total. The summed E-state index contributed by atoms with van der Waals surface area (Å²) in [7, 11) is 0. The molecular formula is C23H29FN2O5. The molecular weight excluding hydrogens is 403 g/mol. The van der Waals surface area contributed by atoms with Crippen LogP contribution in [-0.2, 0) is 4.74 Å². The number of benzene rings is 2. The average molecular weight is 432 g/mol. The van der Waals surface area contributed by atoms with Gasteiger partial charge in [-0.25, -0.2) is 9.18 Å². The number of rotatable bonds is 8.